The second-order valence-corrected chi connectivity index (χ2v) is 4.01. The molecule has 0 spiro atoms. The molecule has 1 rings (SSSR count). The summed E-state index contributed by atoms with van der Waals surface area (Å²) >= 11 is 1.60. The third-order valence-electron chi connectivity index (χ3n) is 2.02. The molecule has 0 aromatic carbocycles. The molecule has 1 heterocycles. The summed E-state index contributed by atoms with van der Waals surface area (Å²) in [7, 11) is 0. The lowest BCUT2D eigenvalue weighted by Crippen LogP contribution is -2.04. The highest BCUT2D eigenvalue weighted by atomic mass is 32.2. The maximum absolute atomic E-state index is 8.69. The fraction of sp³-hybridized carbons (Fsp3) is 0.667. The SMILES string of the molecule is CCC(C)n1ccnc1SCCO. The molecule has 1 N–H and O–H groups in total. The van der Waals surface area contributed by atoms with Crippen molar-refractivity contribution in [1.29, 1.82) is 0 Å². The van der Waals surface area contributed by atoms with Crippen molar-refractivity contribution in [2.24, 2.45) is 0 Å². The Hall–Kier alpha value is -0.480. The van der Waals surface area contributed by atoms with E-state index in [1.807, 2.05) is 12.4 Å². The van der Waals surface area contributed by atoms with Crippen molar-refractivity contribution < 1.29 is 5.11 Å². The molecule has 4 heteroatoms. The minimum Gasteiger partial charge on any atom is -0.396 e. The number of aliphatic hydroxyl groups is 1. The fourth-order valence-corrected chi connectivity index (χ4v) is 1.88. The van der Waals surface area contributed by atoms with Gasteiger partial charge in [-0.2, -0.15) is 0 Å². The van der Waals surface area contributed by atoms with Gasteiger partial charge in [-0.1, -0.05) is 18.7 Å². The lowest BCUT2D eigenvalue weighted by atomic mass is 10.3. The molecule has 1 aromatic rings. The largest absolute Gasteiger partial charge is 0.396 e. The quantitative estimate of drug-likeness (QED) is 0.738. The van der Waals surface area contributed by atoms with Gasteiger partial charge >= 0.3 is 0 Å². The zero-order chi connectivity index (χ0) is 9.68. The normalized spacial score (nSPS) is 13.2. The lowest BCUT2D eigenvalue weighted by Gasteiger charge is -2.13. The van der Waals surface area contributed by atoms with Crippen molar-refractivity contribution in [2.45, 2.75) is 31.5 Å². The smallest absolute Gasteiger partial charge is 0.168 e. The van der Waals surface area contributed by atoms with E-state index in [1.165, 1.54) is 0 Å². The summed E-state index contributed by atoms with van der Waals surface area (Å²) in [5, 5.41) is 9.70. The number of hydrogen-bond acceptors (Lipinski definition) is 3. The van der Waals surface area contributed by atoms with Crippen molar-refractivity contribution >= 4 is 11.8 Å². The second-order valence-electron chi connectivity index (χ2n) is 2.95. The summed E-state index contributed by atoms with van der Waals surface area (Å²) in [4.78, 5) is 4.24. The number of thioether (sulfide) groups is 1. The van der Waals surface area contributed by atoms with E-state index in [9.17, 15) is 0 Å². The lowest BCUT2D eigenvalue weighted by molar-refractivity contribution is 0.322. The summed E-state index contributed by atoms with van der Waals surface area (Å²) in [6.07, 6.45) is 4.91. The molecule has 13 heavy (non-hydrogen) atoms. The van der Waals surface area contributed by atoms with Gasteiger partial charge in [-0.05, 0) is 13.3 Å². The van der Waals surface area contributed by atoms with Gasteiger partial charge < -0.3 is 9.67 Å². The van der Waals surface area contributed by atoms with E-state index in [0.717, 1.165) is 11.6 Å². The van der Waals surface area contributed by atoms with E-state index in [-0.39, 0.29) is 6.61 Å². The van der Waals surface area contributed by atoms with Crippen LogP contribution in [0.15, 0.2) is 17.6 Å². The fourth-order valence-electron chi connectivity index (χ4n) is 1.08. The third kappa shape index (κ3) is 2.74. The van der Waals surface area contributed by atoms with Crippen LogP contribution in [0.1, 0.15) is 26.3 Å². The Morgan fingerprint density at radius 3 is 3.08 bits per heavy atom. The molecule has 0 aliphatic heterocycles. The van der Waals surface area contributed by atoms with Crippen LogP contribution in [0.5, 0.6) is 0 Å². The van der Waals surface area contributed by atoms with Crippen molar-refractivity contribution in [2.75, 3.05) is 12.4 Å². The van der Waals surface area contributed by atoms with Crippen molar-refractivity contribution in [3.05, 3.63) is 12.4 Å². The zero-order valence-electron chi connectivity index (χ0n) is 8.10. The summed E-state index contributed by atoms with van der Waals surface area (Å²) in [6.45, 7) is 4.54. The van der Waals surface area contributed by atoms with Gasteiger partial charge in [0.1, 0.15) is 0 Å². The van der Waals surface area contributed by atoms with Gasteiger partial charge in [0.05, 0.1) is 6.61 Å². The van der Waals surface area contributed by atoms with Crippen LogP contribution < -0.4 is 0 Å². The van der Waals surface area contributed by atoms with Crippen LogP contribution >= 0.6 is 11.8 Å². The Labute approximate surface area is 83.2 Å². The number of rotatable bonds is 5. The highest BCUT2D eigenvalue weighted by molar-refractivity contribution is 7.99. The molecule has 0 bridgehead atoms. The molecular formula is C9H16N2OS. The number of imidazole rings is 1. The van der Waals surface area contributed by atoms with Crippen LogP contribution in [0, 0.1) is 0 Å². The third-order valence-corrected chi connectivity index (χ3v) is 2.98. The molecule has 0 aliphatic carbocycles. The molecule has 0 fully saturated rings. The van der Waals surface area contributed by atoms with Crippen LogP contribution in [0.3, 0.4) is 0 Å². The minimum absolute atomic E-state index is 0.206. The van der Waals surface area contributed by atoms with Gasteiger partial charge in [0, 0.05) is 24.2 Å². The first-order chi connectivity index (χ1) is 6.29. The summed E-state index contributed by atoms with van der Waals surface area (Å²) in [5.41, 5.74) is 0. The Balaban J connectivity index is 2.65. The average Bonchev–Trinajstić information content (AvgIpc) is 2.61. The monoisotopic (exact) mass is 200 g/mol. The molecule has 0 aliphatic rings. The molecular weight excluding hydrogens is 184 g/mol. The van der Waals surface area contributed by atoms with Crippen LogP contribution in [0.2, 0.25) is 0 Å². The Morgan fingerprint density at radius 2 is 2.46 bits per heavy atom. The first-order valence-corrected chi connectivity index (χ1v) is 5.54. The summed E-state index contributed by atoms with van der Waals surface area (Å²) in [5.74, 6) is 0.716. The van der Waals surface area contributed by atoms with Gasteiger partial charge in [0.25, 0.3) is 0 Å². The molecule has 1 unspecified atom stereocenters. The molecule has 1 atom stereocenters. The number of hydrogen-bond donors (Lipinski definition) is 1. The molecule has 0 amide bonds. The first kappa shape index (κ1) is 10.6. The topological polar surface area (TPSA) is 38.0 Å². The standard InChI is InChI=1S/C9H16N2OS/c1-3-8(2)11-5-4-10-9(11)13-7-6-12/h4-5,8,12H,3,6-7H2,1-2H3. The maximum atomic E-state index is 8.69. The highest BCUT2D eigenvalue weighted by Gasteiger charge is 2.07. The number of aliphatic hydroxyl groups excluding tert-OH is 1. The second kappa shape index (κ2) is 5.29. The van der Waals surface area contributed by atoms with Crippen molar-refractivity contribution in [1.82, 2.24) is 9.55 Å². The molecule has 74 valence electrons. The molecule has 1 aromatic heterocycles. The molecule has 0 saturated heterocycles. The van der Waals surface area contributed by atoms with Crippen molar-refractivity contribution in [3.8, 4) is 0 Å². The van der Waals surface area contributed by atoms with Gasteiger partial charge in [-0.15, -0.1) is 0 Å². The minimum atomic E-state index is 0.206. The summed E-state index contributed by atoms with van der Waals surface area (Å²) in [6, 6.07) is 0.490. The van der Waals surface area contributed by atoms with Gasteiger partial charge in [0.15, 0.2) is 5.16 Å². The zero-order valence-corrected chi connectivity index (χ0v) is 8.92. The summed E-state index contributed by atoms with van der Waals surface area (Å²) < 4.78 is 2.15. The van der Waals surface area contributed by atoms with Gasteiger partial charge in [-0.3, -0.25) is 0 Å². The van der Waals surface area contributed by atoms with Crippen LogP contribution in [0.4, 0.5) is 0 Å². The molecule has 0 saturated carbocycles. The number of aromatic nitrogens is 2. The van der Waals surface area contributed by atoms with E-state index in [4.69, 9.17) is 5.11 Å². The maximum Gasteiger partial charge on any atom is 0.168 e. The predicted octanol–water partition coefficient (Wildman–Crippen LogP) is 1.94. The Morgan fingerprint density at radius 1 is 1.69 bits per heavy atom. The van der Waals surface area contributed by atoms with E-state index < -0.39 is 0 Å². The Bertz CT molecular complexity index is 250. The van der Waals surface area contributed by atoms with Gasteiger partial charge in [-0.25, -0.2) is 4.98 Å². The molecule has 3 nitrogen and oxygen atoms in total. The highest BCUT2D eigenvalue weighted by Crippen LogP contribution is 2.20. The van der Waals surface area contributed by atoms with Crippen molar-refractivity contribution in [3.63, 3.8) is 0 Å². The predicted molar refractivity (Wildman–Crippen MR) is 55.0 cm³/mol. The first-order valence-electron chi connectivity index (χ1n) is 4.56. The van der Waals surface area contributed by atoms with Gasteiger partial charge in [0.2, 0.25) is 0 Å². The average molecular weight is 200 g/mol. The van der Waals surface area contributed by atoms with Crippen LogP contribution in [-0.2, 0) is 0 Å². The van der Waals surface area contributed by atoms with Crippen LogP contribution in [0.25, 0.3) is 0 Å². The molecule has 0 radical (unpaired) electrons. The number of nitrogens with zero attached hydrogens (tertiary/aromatic N) is 2. The van der Waals surface area contributed by atoms with E-state index in [1.54, 1.807) is 11.8 Å². The Kier molecular flexibility index (Phi) is 4.32. The van der Waals surface area contributed by atoms with E-state index in [0.29, 0.717) is 11.8 Å². The van der Waals surface area contributed by atoms with Crippen LogP contribution in [-0.4, -0.2) is 27.0 Å². The van der Waals surface area contributed by atoms with E-state index in [2.05, 4.69) is 23.4 Å². The van der Waals surface area contributed by atoms with E-state index >= 15 is 0 Å².